The zero-order valence-electron chi connectivity index (χ0n) is 14.2. The van der Waals surface area contributed by atoms with Crippen LogP contribution in [0.25, 0.3) is 0 Å². The van der Waals surface area contributed by atoms with Gasteiger partial charge in [-0.2, -0.15) is 5.10 Å². The molecule has 1 aliphatic heterocycles. The van der Waals surface area contributed by atoms with E-state index in [-0.39, 0.29) is 6.04 Å². The molecule has 1 aliphatic carbocycles. The summed E-state index contributed by atoms with van der Waals surface area (Å²) in [6, 6.07) is 6.93. The first-order valence-corrected chi connectivity index (χ1v) is 8.40. The fourth-order valence-corrected chi connectivity index (χ4v) is 3.47. The van der Waals surface area contributed by atoms with E-state index < -0.39 is 17.4 Å². The first kappa shape index (κ1) is 15.7. The highest BCUT2D eigenvalue weighted by molar-refractivity contribution is 6.15. The van der Waals surface area contributed by atoms with Gasteiger partial charge < -0.3 is 15.4 Å². The Kier molecular flexibility index (Phi) is 3.52. The number of anilines is 1. The van der Waals surface area contributed by atoms with Gasteiger partial charge >= 0.3 is 0 Å². The van der Waals surface area contributed by atoms with Gasteiger partial charge in [0.1, 0.15) is 5.75 Å². The van der Waals surface area contributed by atoms with E-state index in [0.717, 1.165) is 30.5 Å². The number of aryl methyl sites for hydroxylation is 1. The van der Waals surface area contributed by atoms with Gasteiger partial charge in [0.05, 0.1) is 17.9 Å². The summed E-state index contributed by atoms with van der Waals surface area (Å²) >= 11 is 0. The van der Waals surface area contributed by atoms with Gasteiger partial charge in [-0.25, -0.2) is 0 Å². The number of hydrogen-bond donors (Lipinski definition) is 2. The van der Waals surface area contributed by atoms with Gasteiger partial charge in [-0.1, -0.05) is 12.1 Å². The molecule has 1 aromatic carbocycles. The molecule has 2 heterocycles. The SMILES string of the molecule is Cn1ncc2c1CCC[C@@H]2NC(=O)[C@@]1(C)Oc2ccccc2NC1=O. The average molecular weight is 340 g/mol. The quantitative estimate of drug-likeness (QED) is 0.815. The van der Waals surface area contributed by atoms with Crippen LogP contribution in [-0.4, -0.2) is 27.2 Å². The maximum atomic E-state index is 12.9. The van der Waals surface area contributed by atoms with Crippen LogP contribution >= 0.6 is 0 Å². The third kappa shape index (κ3) is 2.47. The Hall–Kier alpha value is -2.83. The predicted octanol–water partition coefficient (Wildman–Crippen LogP) is 1.70. The zero-order valence-corrected chi connectivity index (χ0v) is 14.2. The molecule has 25 heavy (non-hydrogen) atoms. The van der Waals surface area contributed by atoms with Crippen molar-refractivity contribution in [2.45, 2.75) is 37.8 Å². The van der Waals surface area contributed by atoms with Crippen LogP contribution in [-0.2, 0) is 23.1 Å². The second-order valence-corrected chi connectivity index (χ2v) is 6.67. The van der Waals surface area contributed by atoms with Crippen LogP contribution in [0.3, 0.4) is 0 Å². The Balaban J connectivity index is 1.58. The number of carbonyl (C=O) groups is 2. The number of fused-ring (bicyclic) bond motifs is 2. The summed E-state index contributed by atoms with van der Waals surface area (Å²) in [5.41, 5.74) is 1.11. The molecule has 0 unspecified atom stereocenters. The fourth-order valence-electron chi connectivity index (χ4n) is 3.47. The van der Waals surface area contributed by atoms with Gasteiger partial charge in [-0.15, -0.1) is 0 Å². The molecule has 0 saturated heterocycles. The van der Waals surface area contributed by atoms with Crippen molar-refractivity contribution in [3.05, 3.63) is 41.7 Å². The number of ether oxygens (including phenoxy) is 1. The first-order chi connectivity index (χ1) is 12.0. The monoisotopic (exact) mass is 340 g/mol. The van der Waals surface area contributed by atoms with Crippen LogP contribution in [0, 0.1) is 0 Å². The highest BCUT2D eigenvalue weighted by Gasteiger charge is 2.48. The van der Waals surface area contributed by atoms with Crippen molar-refractivity contribution in [3.63, 3.8) is 0 Å². The van der Waals surface area contributed by atoms with E-state index in [4.69, 9.17) is 4.74 Å². The van der Waals surface area contributed by atoms with Gasteiger partial charge in [0.2, 0.25) is 0 Å². The molecule has 1 aromatic heterocycles. The van der Waals surface area contributed by atoms with Crippen molar-refractivity contribution in [2.75, 3.05) is 5.32 Å². The minimum absolute atomic E-state index is 0.157. The normalized spacial score (nSPS) is 24.6. The maximum absolute atomic E-state index is 12.9. The molecule has 7 heteroatoms. The third-order valence-electron chi connectivity index (χ3n) is 5.00. The molecule has 0 spiro atoms. The lowest BCUT2D eigenvalue weighted by molar-refractivity contribution is -0.147. The third-order valence-corrected chi connectivity index (χ3v) is 5.00. The van der Waals surface area contributed by atoms with Crippen molar-refractivity contribution < 1.29 is 14.3 Å². The molecular formula is C18H20N4O3. The summed E-state index contributed by atoms with van der Waals surface area (Å²) in [6.45, 7) is 1.50. The Bertz CT molecular complexity index is 860. The molecule has 0 radical (unpaired) electrons. The molecule has 0 fully saturated rings. The molecule has 2 atom stereocenters. The van der Waals surface area contributed by atoms with E-state index in [1.807, 2.05) is 11.7 Å². The molecular weight excluding hydrogens is 320 g/mol. The van der Waals surface area contributed by atoms with Gasteiger partial charge in [0.15, 0.2) is 0 Å². The van der Waals surface area contributed by atoms with E-state index in [2.05, 4.69) is 15.7 Å². The Morgan fingerprint density at radius 3 is 3.08 bits per heavy atom. The van der Waals surface area contributed by atoms with E-state index in [0.29, 0.717) is 11.4 Å². The van der Waals surface area contributed by atoms with E-state index in [1.54, 1.807) is 30.5 Å². The summed E-state index contributed by atoms with van der Waals surface area (Å²) in [4.78, 5) is 25.4. The van der Waals surface area contributed by atoms with Crippen LogP contribution < -0.4 is 15.4 Å². The second kappa shape index (κ2) is 5.61. The Morgan fingerprint density at radius 1 is 1.44 bits per heavy atom. The van der Waals surface area contributed by atoms with Crippen molar-refractivity contribution in [3.8, 4) is 5.75 Å². The average Bonchev–Trinajstić information content (AvgIpc) is 2.98. The number of nitrogens with one attached hydrogen (secondary N) is 2. The maximum Gasteiger partial charge on any atom is 0.278 e. The van der Waals surface area contributed by atoms with E-state index in [1.165, 1.54) is 6.92 Å². The van der Waals surface area contributed by atoms with Crippen molar-refractivity contribution >= 4 is 17.5 Å². The first-order valence-electron chi connectivity index (χ1n) is 8.40. The number of rotatable bonds is 2. The lowest BCUT2D eigenvalue weighted by Gasteiger charge is -2.35. The van der Waals surface area contributed by atoms with Crippen molar-refractivity contribution in [1.29, 1.82) is 0 Å². The molecule has 2 amide bonds. The number of hydrogen-bond acceptors (Lipinski definition) is 4. The summed E-state index contributed by atoms with van der Waals surface area (Å²) in [5, 5.41) is 10.0. The van der Waals surface area contributed by atoms with Crippen LogP contribution in [0.15, 0.2) is 30.5 Å². The molecule has 2 aromatic rings. The Morgan fingerprint density at radius 2 is 2.24 bits per heavy atom. The largest absolute Gasteiger partial charge is 0.466 e. The van der Waals surface area contributed by atoms with Crippen LogP contribution in [0.4, 0.5) is 5.69 Å². The molecule has 2 aliphatic rings. The fraction of sp³-hybridized carbons (Fsp3) is 0.389. The van der Waals surface area contributed by atoms with E-state index in [9.17, 15) is 9.59 Å². The molecule has 2 N–H and O–H groups in total. The summed E-state index contributed by atoms with van der Waals surface area (Å²) in [6.07, 6.45) is 4.52. The predicted molar refractivity (Wildman–Crippen MR) is 91.1 cm³/mol. The van der Waals surface area contributed by atoms with Gasteiger partial charge in [-0.05, 0) is 38.3 Å². The highest BCUT2D eigenvalue weighted by Crippen LogP contribution is 2.35. The van der Waals surface area contributed by atoms with Gasteiger partial charge in [-0.3, -0.25) is 14.3 Å². The standard InChI is InChI=1S/C18H20N4O3/c1-18(17(24)21-13-6-3-4-9-15(13)25-18)16(23)20-12-7-5-8-14-11(12)10-19-22(14)2/h3-4,6,9-10,12H,5,7-8H2,1-2H3,(H,20,23)(H,21,24)/t12-,18+/m0/s1. The lowest BCUT2D eigenvalue weighted by Crippen LogP contribution is -2.59. The van der Waals surface area contributed by atoms with Gasteiger partial charge in [0.25, 0.3) is 17.4 Å². The van der Waals surface area contributed by atoms with Crippen molar-refractivity contribution in [1.82, 2.24) is 15.1 Å². The number of amides is 2. The number of para-hydroxylation sites is 2. The highest BCUT2D eigenvalue weighted by atomic mass is 16.5. The van der Waals surface area contributed by atoms with Crippen molar-refractivity contribution in [2.24, 2.45) is 7.05 Å². The minimum atomic E-state index is -1.60. The number of carbonyl (C=O) groups excluding carboxylic acids is 2. The smallest absolute Gasteiger partial charge is 0.278 e. The lowest BCUT2D eigenvalue weighted by atomic mass is 9.91. The summed E-state index contributed by atoms with van der Waals surface area (Å²) in [7, 11) is 1.90. The van der Waals surface area contributed by atoms with Gasteiger partial charge in [0, 0.05) is 18.3 Å². The molecule has 4 rings (SSSR count). The zero-order chi connectivity index (χ0) is 17.6. The molecule has 0 saturated carbocycles. The van der Waals surface area contributed by atoms with Crippen LogP contribution in [0.5, 0.6) is 5.75 Å². The molecule has 0 bridgehead atoms. The molecule has 7 nitrogen and oxygen atoms in total. The Labute approximate surface area is 145 Å². The number of nitrogens with zero attached hydrogens (tertiary/aromatic N) is 2. The number of aromatic nitrogens is 2. The topological polar surface area (TPSA) is 85.2 Å². The number of benzene rings is 1. The van der Waals surface area contributed by atoms with Crippen LogP contribution in [0.1, 0.15) is 37.1 Å². The minimum Gasteiger partial charge on any atom is -0.466 e. The molecule has 130 valence electrons. The summed E-state index contributed by atoms with van der Waals surface area (Å²) < 4.78 is 7.63. The van der Waals surface area contributed by atoms with E-state index >= 15 is 0 Å². The summed E-state index contributed by atoms with van der Waals surface area (Å²) in [5.74, 6) is -0.419. The second-order valence-electron chi connectivity index (χ2n) is 6.67. The van der Waals surface area contributed by atoms with Crippen LogP contribution in [0.2, 0.25) is 0 Å².